The van der Waals surface area contributed by atoms with E-state index in [2.05, 4.69) is 6.07 Å². The first-order chi connectivity index (χ1) is 12.0. The van der Waals surface area contributed by atoms with E-state index in [1.54, 1.807) is 12.1 Å². The van der Waals surface area contributed by atoms with Crippen LogP contribution in [-0.4, -0.2) is 32.6 Å². The second kappa shape index (κ2) is 10.9. The molecule has 0 unspecified atom stereocenters. The molecule has 4 heteroatoms. The molecule has 0 aliphatic carbocycles. The summed E-state index contributed by atoms with van der Waals surface area (Å²) >= 11 is 0. The molecule has 2 aromatic rings. The summed E-state index contributed by atoms with van der Waals surface area (Å²) in [5.41, 5.74) is 7.77. The van der Waals surface area contributed by atoms with Gasteiger partial charge >= 0.3 is 0 Å². The van der Waals surface area contributed by atoms with Crippen molar-refractivity contribution in [2.24, 2.45) is 5.73 Å². The topological polar surface area (TPSA) is 38.5 Å². The van der Waals surface area contributed by atoms with Crippen molar-refractivity contribution < 1.29 is 9.13 Å². The molecule has 3 rings (SSSR count). The van der Waals surface area contributed by atoms with E-state index in [1.165, 1.54) is 6.07 Å². The number of hydrogen-bond acceptors (Lipinski definition) is 3. The smallest absolute Gasteiger partial charge is 0.130 e. The normalized spacial score (nSPS) is 14.6. The van der Waals surface area contributed by atoms with Crippen molar-refractivity contribution in [3.8, 4) is 11.5 Å². The predicted molar refractivity (Wildman–Crippen MR) is 104 cm³/mol. The fourth-order valence-corrected chi connectivity index (χ4v) is 2.67. The molecule has 0 bridgehead atoms. The summed E-state index contributed by atoms with van der Waals surface area (Å²) in [6.07, 6.45) is 1.64. The van der Waals surface area contributed by atoms with Crippen LogP contribution >= 0.6 is 0 Å². The van der Waals surface area contributed by atoms with Crippen molar-refractivity contribution in [2.45, 2.75) is 32.6 Å². The number of nitrogens with two attached hydrogens (primary N) is 1. The summed E-state index contributed by atoms with van der Waals surface area (Å²) in [7, 11) is 6.00. The molecule has 0 amide bonds. The van der Waals surface area contributed by atoms with Gasteiger partial charge in [-0.1, -0.05) is 32.0 Å². The molecule has 25 heavy (non-hydrogen) atoms. The number of halogens is 1. The third-order valence-electron chi connectivity index (χ3n) is 3.58. The Balaban J connectivity index is 0.000000461. The highest BCUT2D eigenvalue weighted by Gasteiger charge is 2.22. The van der Waals surface area contributed by atoms with E-state index in [-0.39, 0.29) is 11.7 Å². The zero-order valence-electron chi connectivity index (χ0n) is 16.1. The molecular formula is C21H31FN2O. The van der Waals surface area contributed by atoms with Crippen molar-refractivity contribution >= 4 is 0 Å². The predicted octanol–water partition coefficient (Wildman–Crippen LogP) is 4.81. The number of benzene rings is 2. The van der Waals surface area contributed by atoms with Crippen LogP contribution in [0.1, 0.15) is 37.3 Å². The fraction of sp³-hybridized carbons (Fsp3) is 0.429. The summed E-state index contributed by atoms with van der Waals surface area (Å²) in [5, 5.41) is 0. The molecule has 0 saturated carbocycles. The minimum absolute atomic E-state index is 0.222. The maximum absolute atomic E-state index is 13.4. The molecule has 0 radical (unpaired) electrons. The fourth-order valence-electron chi connectivity index (χ4n) is 2.67. The van der Waals surface area contributed by atoms with E-state index >= 15 is 0 Å². The lowest BCUT2D eigenvalue weighted by atomic mass is 9.89. The Morgan fingerprint density at radius 3 is 2.36 bits per heavy atom. The van der Waals surface area contributed by atoms with Crippen molar-refractivity contribution in [2.75, 3.05) is 27.7 Å². The lowest BCUT2D eigenvalue weighted by Gasteiger charge is -2.15. The van der Waals surface area contributed by atoms with E-state index in [0.29, 0.717) is 6.54 Å². The van der Waals surface area contributed by atoms with E-state index in [1.807, 2.05) is 58.1 Å². The first-order valence-corrected chi connectivity index (χ1v) is 8.87. The highest BCUT2D eigenvalue weighted by molar-refractivity contribution is 5.47. The number of para-hydroxylation sites is 1. The summed E-state index contributed by atoms with van der Waals surface area (Å²) in [4.78, 5) is 2.00. The Labute approximate surface area is 151 Å². The monoisotopic (exact) mass is 346 g/mol. The Bertz CT molecular complexity index is 641. The molecule has 0 spiro atoms. The van der Waals surface area contributed by atoms with Crippen LogP contribution in [0.2, 0.25) is 0 Å². The van der Waals surface area contributed by atoms with Crippen LogP contribution < -0.4 is 10.5 Å². The average molecular weight is 346 g/mol. The highest BCUT2D eigenvalue weighted by atomic mass is 19.1. The Kier molecular flexibility index (Phi) is 9.17. The quantitative estimate of drug-likeness (QED) is 0.848. The standard InChI is InChI=1S/C16H16FNO.C3H9N.C2H6/c17-13-5-6-15-12(10-13)9-11(7-8-18)14-3-1-2-4-16(14)19-15;1-4(2)3;1-2/h1-6,10-11H,7-9,18H2;1-3H3;1-2H3/t11-;;/m0../s1. The number of fused-ring (bicyclic) bond motifs is 2. The van der Waals surface area contributed by atoms with Crippen molar-refractivity contribution in [3.63, 3.8) is 0 Å². The average Bonchev–Trinajstić information content (AvgIpc) is 2.73. The first kappa shape index (κ1) is 21.1. The lowest BCUT2D eigenvalue weighted by molar-refractivity contribution is 0.475. The summed E-state index contributed by atoms with van der Waals surface area (Å²) in [6.45, 7) is 4.61. The van der Waals surface area contributed by atoms with Crippen LogP contribution in [0.15, 0.2) is 42.5 Å². The van der Waals surface area contributed by atoms with Crippen LogP contribution in [0.5, 0.6) is 11.5 Å². The maximum atomic E-state index is 13.4. The number of hydrogen-bond donors (Lipinski definition) is 1. The van der Waals surface area contributed by atoms with Crippen molar-refractivity contribution in [1.82, 2.24) is 4.90 Å². The van der Waals surface area contributed by atoms with Crippen LogP contribution in [0, 0.1) is 5.82 Å². The summed E-state index contributed by atoms with van der Waals surface area (Å²) in [6, 6.07) is 12.7. The maximum Gasteiger partial charge on any atom is 0.130 e. The molecule has 0 saturated heterocycles. The number of ether oxygens (including phenoxy) is 1. The van der Waals surface area contributed by atoms with Gasteiger partial charge in [0.15, 0.2) is 0 Å². The van der Waals surface area contributed by atoms with Gasteiger partial charge in [-0.25, -0.2) is 4.39 Å². The minimum Gasteiger partial charge on any atom is -0.457 e. The Morgan fingerprint density at radius 2 is 1.72 bits per heavy atom. The molecule has 3 nitrogen and oxygen atoms in total. The van der Waals surface area contributed by atoms with E-state index in [9.17, 15) is 4.39 Å². The van der Waals surface area contributed by atoms with Crippen LogP contribution in [-0.2, 0) is 6.42 Å². The van der Waals surface area contributed by atoms with Crippen molar-refractivity contribution in [3.05, 3.63) is 59.4 Å². The van der Waals surface area contributed by atoms with Crippen molar-refractivity contribution in [1.29, 1.82) is 0 Å². The molecule has 0 aromatic heterocycles. The SMILES string of the molecule is CC.CN(C)C.NCC[C@H]1Cc2cc(F)ccc2Oc2ccccc21. The molecule has 1 heterocycles. The molecule has 1 aliphatic heterocycles. The van der Waals surface area contributed by atoms with Gasteiger partial charge in [-0.05, 0) is 81.8 Å². The van der Waals surface area contributed by atoms with E-state index in [0.717, 1.165) is 35.5 Å². The first-order valence-electron chi connectivity index (χ1n) is 8.87. The van der Waals surface area contributed by atoms with E-state index < -0.39 is 0 Å². The molecule has 0 fully saturated rings. The van der Waals surface area contributed by atoms with Gasteiger partial charge < -0.3 is 15.4 Å². The molecule has 2 N–H and O–H groups in total. The van der Waals surface area contributed by atoms with Gasteiger partial charge in [-0.2, -0.15) is 0 Å². The van der Waals surface area contributed by atoms with Gasteiger partial charge in [0.2, 0.25) is 0 Å². The largest absolute Gasteiger partial charge is 0.457 e. The van der Waals surface area contributed by atoms with Gasteiger partial charge in [0, 0.05) is 0 Å². The summed E-state index contributed by atoms with van der Waals surface area (Å²) in [5.74, 6) is 1.66. The van der Waals surface area contributed by atoms with Gasteiger partial charge in [-0.3, -0.25) is 0 Å². The second-order valence-electron chi connectivity index (χ2n) is 6.21. The molecular weight excluding hydrogens is 315 g/mol. The van der Waals surface area contributed by atoms with Crippen LogP contribution in [0.4, 0.5) is 4.39 Å². The molecule has 1 atom stereocenters. The second-order valence-corrected chi connectivity index (χ2v) is 6.21. The van der Waals surface area contributed by atoms with Gasteiger partial charge in [-0.15, -0.1) is 0 Å². The zero-order chi connectivity index (χ0) is 18.8. The lowest BCUT2D eigenvalue weighted by Crippen LogP contribution is -2.09. The van der Waals surface area contributed by atoms with Crippen LogP contribution in [0.25, 0.3) is 0 Å². The third-order valence-corrected chi connectivity index (χ3v) is 3.58. The minimum atomic E-state index is -0.222. The number of nitrogens with zero attached hydrogens (tertiary/aromatic N) is 1. The zero-order valence-corrected chi connectivity index (χ0v) is 16.1. The Morgan fingerprint density at radius 1 is 1.08 bits per heavy atom. The molecule has 138 valence electrons. The third kappa shape index (κ3) is 6.48. The summed E-state index contributed by atoms with van der Waals surface area (Å²) < 4.78 is 19.3. The highest BCUT2D eigenvalue weighted by Crippen LogP contribution is 2.40. The van der Waals surface area contributed by atoms with Gasteiger partial charge in [0.05, 0.1) is 0 Å². The van der Waals surface area contributed by atoms with Gasteiger partial charge in [0.1, 0.15) is 17.3 Å². The van der Waals surface area contributed by atoms with Gasteiger partial charge in [0.25, 0.3) is 0 Å². The Hall–Kier alpha value is -1.91. The number of rotatable bonds is 2. The molecule has 1 aliphatic rings. The van der Waals surface area contributed by atoms with Crippen LogP contribution in [0.3, 0.4) is 0 Å². The van der Waals surface area contributed by atoms with E-state index in [4.69, 9.17) is 10.5 Å². The molecule has 2 aromatic carbocycles.